The van der Waals surface area contributed by atoms with Gasteiger partial charge in [0.2, 0.25) is 10.0 Å². The zero-order valence-corrected chi connectivity index (χ0v) is 13.0. The largest absolute Gasteiger partial charge is 0.480 e. The Morgan fingerprint density at radius 1 is 1.30 bits per heavy atom. The number of nitrogens with zero attached hydrogens (tertiary/aromatic N) is 2. The standard InChI is InChI=1S/C11H15ClN2O4S2/c12-10-2-1-9(19-10)7-13-3-5-14(6-4-13)20(17,18)8-11(15)16/h1-2H,3-8H2,(H,15,16). The van der Waals surface area contributed by atoms with E-state index in [9.17, 15) is 13.2 Å². The summed E-state index contributed by atoms with van der Waals surface area (Å²) in [5.74, 6) is -2.16. The van der Waals surface area contributed by atoms with Gasteiger partial charge in [0, 0.05) is 37.6 Å². The molecule has 0 spiro atoms. The first-order valence-corrected chi connectivity index (χ1v) is 8.83. The minimum absolute atomic E-state index is 0.328. The van der Waals surface area contributed by atoms with E-state index in [1.54, 1.807) is 0 Å². The molecule has 112 valence electrons. The zero-order chi connectivity index (χ0) is 14.8. The summed E-state index contributed by atoms with van der Waals surface area (Å²) in [6.45, 7) is 2.58. The van der Waals surface area contributed by atoms with E-state index in [2.05, 4.69) is 4.90 Å². The van der Waals surface area contributed by atoms with Crippen molar-refractivity contribution in [1.82, 2.24) is 9.21 Å². The molecule has 0 radical (unpaired) electrons. The van der Waals surface area contributed by atoms with Crippen LogP contribution in [0.3, 0.4) is 0 Å². The first-order chi connectivity index (χ1) is 9.37. The quantitative estimate of drug-likeness (QED) is 0.864. The maximum absolute atomic E-state index is 11.8. The molecular weight excluding hydrogens is 324 g/mol. The third-order valence-corrected chi connectivity index (χ3v) is 6.02. The van der Waals surface area contributed by atoms with Gasteiger partial charge in [-0.05, 0) is 12.1 Å². The van der Waals surface area contributed by atoms with E-state index in [4.69, 9.17) is 16.7 Å². The van der Waals surface area contributed by atoms with E-state index in [0.717, 1.165) is 15.8 Å². The van der Waals surface area contributed by atoms with Crippen molar-refractivity contribution < 1.29 is 18.3 Å². The summed E-state index contributed by atoms with van der Waals surface area (Å²) >= 11 is 7.38. The molecule has 1 aromatic heterocycles. The monoisotopic (exact) mass is 338 g/mol. The van der Waals surface area contributed by atoms with Crippen molar-refractivity contribution in [3.05, 3.63) is 21.3 Å². The van der Waals surface area contributed by atoms with Gasteiger partial charge in [-0.25, -0.2) is 8.42 Å². The summed E-state index contributed by atoms with van der Waals surface area (Å²) < 4.78 is 25.5. The SMILES string of the molecule is O=C(O)CS(=O)(=O)N1CCN(Cc2ccc(Cl)s2)CC1. The zero-order valence-electron chi connectivity index (χ0n) is 10.7. The van der Waals surface area contributed by atoms with E-state index in [1.165, 1.54) is 15.6 Å². The molecule has 0 unspecified atom stereocenters. The van der Waals surface area contributed by atoms with Gasteiger partial charge in [0.1, 0.15) is 0 Å². The highest BCUT2D eigenvalue weighted by Crippen LogP contribution is 2.23. The second-order valence-corrected chi connectivity index (χ2v) is 8.30. The first-order valence-electron chi connectivity index (χ1n) is 6.03. The van der Waals surface area contributed by atoms with Gasteiger partial charge in [0.15, 0.2) is 5.75 Å². The van der Waals surface area contributed by atoms with Crippen molar-refractivity contribution in [3.8, 4) is 0 Å². The van der Waals surface area contributed by atoms with E-state index in [0.29, 0.717) is 26.2 Å². The van der Waals surface area contributed by atoms with Crippen LogP contribution in [-0.2, 0) is 21.4 Å². The average Bonchev–Trinajstić information content (AvgIpc) is 2.74. The van der Waals surface area contributed by atoms with Crippen LogP contribution >= 0.6 is 22.9 Å². The Balaban J connectivity index is 1.87. The van der Waals surface area contributed by atoms with E-state index >= 15 is 0 Å². The molecule has 1 aliphatic rings. The summed E-state index contributed by atoms with van der Waals surface area (Å²) in [7, 11) is -3.69. The highest BCUT2D eigenvalue weighted by Gasteiger charge is 2.28. The van der Waals surface area contributed by atoms with E-state index < -0.39 is 21.7 Å². The van der Waals surface area contributed by atoms with Gasteiger partial charge >= 0.3 is 5.97 Å². The molecular formula is C11H15ClN2O4S2. The third kappa shape index (κ3) is 4.16. The Kier molecular flexibility index (Phi) is 5.03. The molecule has 0 bridgehead atoms. The van der Waals surface area contributed by atoms with Crippen molar-refractivity contribution in [2.24, 2.45) is 0 Å². The van der Waals surface area contributed by atoms with Gasteiger partial charge in [-0.3, -0.25) is 9.69 Å². The van der Waals surface area contributed by atoms with Crippen molar-refractivity contribution in [2.75, 3.05) is 31.9 Å². The summed E-state index contributed by atoms with van der Waals surface area (Å²) in [4.78, 5) is 13.8. The number of carboxylic acids is 1. The van der Waals surface area contributed by atoms with Crippen molar-refractivity contribution in [2.45, 2.75) is 6.54 Å². The first kappa shape index (κ1) is 15.7. The maximum Gasteiger partial charge on any atom is 0.320 e. The molecule has 2 heterocycles. The number of rotatable bonds is 5. The number of carbonyl (C=O) groups is 1. The Bertz CT molecular complexity index is 579. The number of thiophene rings is 1. The molecule has 0 saturated carbocycles. The third-order valence-electron chi connectivity index (χ3n) is 3.04. The minimum atomic E-state index is -3.69. The van der Waals surface area contributed by atoms with Gasteiger partial charge < -0.3 is 5.11 Å². The van der Waals surface area contributed by atoms with Crippen LogP contribution in [0.25, 0.3) is 0 Å². The molecule has 6 nitrogen and oxygen atoms in total. The van der Waals surface area contributed by atoms with Gasteiger partial charge in [0.25, 0.3) is 0 Å². The van der Waals surface area contributed by atoms with Crippen LogP contribution in [0.4, 0.5) is 0 Å². The van der Waals surface area contributed by atoms with E-state index in [1.807, 2.05) is 12.1 Å². The second-order valence-electron chi connectivity index (χ2n) is 4.53. The second kappa shape index (κ2) is 6.40. The van der Waals surface area contributed by atoms with Crippen LogP contribution in [0.2, 0.25) is 4.34 Å². The van der Waals surface area contributed by atoms with E-state index in [-0.39, 0.29) is 0 Å². The van der Waals surface area contributed by atoms with Crippen LogP contribution < -0.4 is 0 Å². The summed E-state index contributed by atoms with van der Waals surface area (Å²) in [6.07, 6.45) is 0. The number of carboxylic acid groups (broad SMARTS) is 1. The summed E-state index contributed by atoms with van der Waals surface area (Å²) in [5, 5.41) is 8.60. The number of hydrogen-bond acceptors (Lipinski definition) is 5. The predicted molar refractivity (Wildman–Crippen MR) is 77.6 cm³/mol. The molecule has 0 aliphatic carbocycles. The molecule has 0 amide bonds. The fourth-order valence-corrected chi connectivity index (χ4v) is 4.41. The van der Waals surface area contributed by atoms with Crippen LogP contribution in [-0.4, -0.2) is 60.6 Å². The molecule has 1 N–H and O–H groups in total. The summed E-state index contributed by atoms with van der Waals surface area (Å²) in [6, 6.07) is 3.80. The smallest absolute Gasteiger partial charge is 0.320 e. The van der Waals surface area contributed by atoms with Gasteiger partial charge in [-0.2, -0.15) is 4.31 Å². The molecule has 20 heavy (non-hydrogen) atoms. The minimum Gasteiger partial charge on any atom is -0.480 e. The van der Waals surface area contributed by atoms with Gasteiger partial charge in [0.05, 0.1) is 4.34 Å². The summed E-state index contributed by atoms with van der Waals surface area (Å²) in [5.41, 5.74) is 0. The number of sulfonamides is 1. The number of aliphatic carboxylic acids is 1. The van der Waals surface area contributed by atoms with Crippen LogP contribution in [0.1, 0.15) is 4.88 Å². The fourth-order valence-electron chi connectivity index (χ4n) is 2.07. The average molecular weight is 339 g/mol. The lowest BCUT2D eigenvalue weighted by Crippen LogP contribution is -2.49. The molecule has 9 heteroatoms. The Morgan fingerprint density at radius 3 is 2.45 bits per heavy atom. The lowest BCUT2D eigenvalue weighted by Gasteiger charge is -2.33. The molecule has 0 aromatic carbocycles. The maximum atomic E-state index is 11.8. The van der Waals surface area contributed by atoms with Crippen LogP contribution in [0.5, 0.6) is 0 Å². The molecule has 0 atom stereocenters. The number of halogens is 1. The van der Waals surface area contributed by atoms with Gasteiger partial charge in [-0.15, -0.1) is 11.3 Å². The topological polar surface area (TPSA) is 77.9 Å². The lowest BCUT2D eigenvalue weighted by atomic mass is 10.3. The predicted octanol–water partition coefficient (Wildman–Crippen LogP) is 0.934. The molecule has 2 rings (SSSR count). The number of piperazine rings is 1. The normalized spacial score (nSPS) is 18.2. The van der Waals surface area contributed by atoms with Crippen molar-refractivity contribution in [1.29, 1.82) is 0 Å². The molecule has 1 aliphatic heterocycles. The van der Waals surface area contributed by atoms with Gasteiger partial charge in [-0.1, -0.05) is 11.6 Å². The lowest BCUT2D eigenvalue weighted by molar-refractivity contribution is -0.134. The fraction of sp³-hybridized carbons (Fsp3) is 0.545. The highest BCUT2D eigenvalue weighted by atomic mass is 35.5. The Labute approximate surface area is 126 Å². The van der Waals surface area contributed by atoms with Crippen molar-refractivity contribution >= 4 is 38.9 Å². The Hall–Kier alpha value is -0.670. The molecule has 1 saturated heterocycles. The number of hydrogen-bond donors (Lipinski definition) is 1. The highest BCUT2D eigenvalue weighted by molar-refractivity contribution is 7.89. The van der Waals surface area contributed by atoms with Crippen molar-refractivity contribution in [3.63, 3.8) is 0 Å². The molecule has 1 aromatic rings. The van der Waals surface area contributed by atoms with Crippen LogP contribution in [0, 0.1) is 0 Å². The van der Waals surface area contributed by atoms with Crippen LogP contribution in [0.15, 0.2) is 12.1 Å². The molecule has 1 fully saturated rings. The Morgan fingerprint density at radius 2 is 1.95 bits per heavy atom.